The summed E-state index contributed by atoms with van der Waals surface area (Å²) in [6.07, 6.45) is -0.880. The Bertz CT molecular complexity index is 605. The van der Waals surface area contributed by atoms with Crippen molar-refractivity contribution in [2.75, 3.05) is 6.54 Å². The Kier molecular flexibility index (Phi) is 4.83. The Hall–Kier alpha value is -2.22. The lowest BCUT2D eigenvalue weighted by Gasteiger charge is -2.13. The molecule has 0 saturated heterocycles. The van der Waals surface area contributed by atoms with E-state index in [-0.39, 0.29) is 6.54 Å². The van der Waals surface area contributed by atoms with Crippen LogP contribution < -0.4 is 5.32 Å². The van der Waals surface area contributed by atoms with Crippen molar-refractivity contribution < 1.29 is 9.50 Å². The van der Waals surface area contributed by atoms with Crippen LogP contribution in [0.5, 0.6) is 0 Å². The quantitative estimate of drug-likeness (QED) is 0.877. The van der Waals surface area contributed by atoms with Crippen LogP contribution in [0.1, 0.15) is 22.8 Å². The lowest BCUT2D eigenvalue weighted by atomic mass is 10.1. The molecule has 1 unspecified atom stereocenters. The molecule has 2 aromatic carbocycles. The summed E-state index contributed by atoms with van der Waals surface area (Å²) < 4.78 is 13.5. The molecule has 3 nitrogen and oxygen atoms in total. The second-order valence-corrected chi connectivity index (χ2v) is 4.48. The van der Waals surface area contributed by atoms with Gasteiger partial charge in [0.25, 0.3) is 0 Å². The third kappa shape index (κ3) is 3.64. The zero-order valence-corrected chi connectivity index (χ0v) is 10.9. The zero-order valence-electron chi connectivity index (χ0n) is 10.9. The van der Waals surface area contributed by atoms with Crippen molar-refractivity contribution in [3.05, 3.63) is 71.0 Å². The zero-order chi connectivity index (χ0) is 14.4. The number of rotatable bonds is 5. The van der Waals surface area contributed by atoms with Crippen molar-refractivity contribution in [1.29, 1.82) is 5.26 Å². The summed E-state index contributed by atoms with van der Waals surface area (Å²) in [6, 6.07) is 15.4. The summed E-state index contributed by atoms with van der Waals surface area (Å²) in [7, 11) is 0. The number of hydrogen-bond donors (Lipinski definition) is 2. The summed E-state index contributed by atoms with van der Waals surface area (Å²) in [5, 5.41) is 21.7. The molecule has 0 aromatic heterocycles. The molecular formula is C16H15FN2O. The lowest BCUT2D eigenvalue weighted by molar-refractivity contribution is 0.169. The van der Waals surface area contributed by atoms with Crippen LogP contribution in [0.2, 0.25) is 0 Å². The van der Waals surface area contributed by atoms with Crippen LogP contribution >= 0.6 is 0 Å². The van der Waals surface area contributed by atoms with Crippen molar-refractivity contribution in [3.63, 3.8) is 0 Å². The molecule has 0 heterocycles. The summed E-state index contributed by atoms with van der Waals surface area (Å²) in [5.41, 5.74) is 1.91. The van der Waals surface area contributed by atoms with Gasteiger partial charge in [-0.3, -0.25) is 0 Å². The van der Waals surface area contributed by atoms with Crippen LogP contribution in [0, 0.1) is 17.1 Å². The topological polar surface area (TPSA) is 56.0 Å². The minimum absolute atomic E-state index is 0.265. The average molecular weight is 270 g/mol. The number of nitrogens with zero attached hydrogens (tertiary/aromatic N) is 1. The smallest absolute Gasteiger partial charge is 0.129 e. The van der Waals surface area contributed by atoms with Crippen molar-refractivity contribution >= 4 is 0 Å². The molecule has 0 fully saturated rings. The van der Waals surface area contributed by atoms with Gasteiger partial charge in [0.2, 0.25) is 0 Å². The molecule has 2 rings (SSSR count). The van der Waals surface area contributed by atoms with Gasteiger partial charge in [-0.1, -0.05) is 30.3 Å². The molecule has 1 atom stereocenters. The maximum absolute atomic E-state index is 13.5. The molecule has 0 aliphatic rings. The van der Waals surface area contributed by atoms with Crippen LogP contribution in [0.3, 0.4) is 0 Å². The van der Waals surface area contributed by atoms with Crippen LogP contribution in [-0.4, -0.2) is 11.7 Å². The predicted molar refractivity (Wildman–Crippen MR) is 74.2 cm³/mol. The average Bonchev–Trinajstić information content (AvgIpc) is 2.48. The Balaban J connectivity index is 1.86. The minimum Gasteiger partial charge on any atom is -0.387 e. The van der Waals surface area contributed by atoms with Crippen LogP contribution in [0.15, 0.2) is 48.5 Å². The highest BCUT2D eigenvalue weighted by Crippen LogP contribution is 2.15. The van der Waals surface area contributed by atoms with E-state index in [1.165, 1.54) is 6.07 Å². The first-order chi connectivity index (χ1) is 9.70. The van der Waals surface area contributed by atoms with E-state index in [9.17, 15) is 9.50 Å². The number of hydrogen-bond acceptors (Lipinski definition) is 3. The maximum atomic E-state index is 13.5. The Morgan fingerprint density at radius 1 is 1.15 bits per heavy atom. The second kappa shape index (κ2) is 6.80. The largest absolute Gasteiger partial charge is 0.387 e. The normalized spacial score (nSPS) is 11.8. The minimum atomic E-state index is -0.880. The predicted octanol–water partition coefficient (Wildman–Crippen LogP) is 2.52. The number of nitriles is 1. The molecule has 0 amide bonds. The number of halogens is 1. The van der Waals surface area contributed by atoms with Crippen LogP contribution in [0.25, 0.3) is 0 Å². The Labute approximate surface area is 117 Å². The fraction of sp³-hybridized carbons (Fsp3) is 0.188. The van der Waals surface area contributed by atoms with Gasteiger partial charge in [0.05, 0.1) is 17.7 Å². The van der Waals surface area contributed by atoms with Crippen LogP contribution in [-0.2, 0) is 6.54 Å². The van der Waals surface area contributed by atoms with Gasteiger partial charge in [-0.15, -0.1) is 0 Å². The number of aliphatic hydroxyl groups is 1. The number of aliphatic hydroxyl groups excluding tert-OH is 1. The first-order valence-electron chi connectivity index (χ1n) is 6.33. The summed E-state index contributed by atoms with van der Waals surface area (Å²) in [6.45, 7) is 0.818. The van der Waals surface area contributed by atoms with Gasteiger partial charge >= 0.3 is 0 Å². The summed E-state index contributed by atoms with van der Waals surface area (Å²) in [5.74, 6) is -0.403. The van der Waals surface area contributed by atoms with Crippen molar-refractivity contribution in [2.24, 2.45) is 0 Å². The van der Waals surface area contributed by atoms with E-state index >= 15 is 0 Å². The molecule has 20 heavy (non-hydrogen) atoms. The van der Waals surface area contributed by atoms with E-state index in [2.05, 4.69) is 11.4 Å². The highest BCUT2D eigenvalue weighted by atomic mass is 19.1. The van der Waals surface area contributed by atoms with Crippen molar-refractivity contribution in [1.82, 2.24) is 5.32 Å². The highest BCUT2D eigenvalue weighted by molar-refractivity contribution is 5.31. The number of nitrogens with one attached hydrogen (secondary N) is 1. The van der Waals surface area contributed by atoms with E-state index in [1.807, 2.05) is 12.1 Å². The molecule has 0 spiro atoms. The lowest BCUT2D eigenvalue weighted by Crippen LogP contribution is -2.21. The second-order valence-electron chi connectivity index (χ2n) is 4.48. The van der Waals surface area contributed by atoms with Gasteiger partial charge in [-0.25, -0.2) is 4.39 Å². The third-order valence-corrected chi connectivity index (χ3v) is 3.01. The van der Waals surface area contributed by atoms with Gasteiger partial charge < -0.3 is 10.4 Å². The molecular weight excluding hydrogens is 255 g/mol. The monoisotopic (exact) mass is 270 g/mol. The van der Waals surface area contributed by atoms with Gasteiger partial charge in [-0.05, 0) is 23.8 Å². The first-order valence-corrected chi connectivity index (χ1v) is 6.33. The standard InChI is InChI=1S/C16H15FN2O/c17-15-4-2-1-3-14(15)16(20)11-19-10-13-7-5-12(9-18)6-8-13/h1-8,16,19-20H,10-11H2. The molecule has 102 valence electrons. The summed E-state index contributed by atoms with van der Waals surface area (Å²) >= 11 is 0. The summed E-state index contributed by atoms with van der Waals surface area (Å²) in [4.78, 5) is 0. The maximum Gasteiger partial charge on any atom is 0.129 e. The van der Waals surface area contributed by atoms with E-state index in [1.54, 1.807) is 30.3 Å². The molecule has 0 radical (unpaired) electrons. The number of benzene rings is 2. The third-order valence-electron chi connectivity index (χ3n) is 3.01. The molecule has 2 aromatic rings. The van der Waals surface area contributed by atoms with Gasteiger partial charge in [0.1, 0.15) is 5.82 Å². The Morgan fingerprint density at radius 3 is 2.50 bits per heavy atom. The van der Waals surface area contributed by atoms with E-state index in [0.29, 0.717) is 17.7 Å². The van der Waals surface area contributed by atoms with Crippen LogP contribution in [0.4, 0.5) is 4.39 Å². The molecule has 0 aliphatic carbocycles. The molecule has 4 heteroatoms. The highest BCUT2D eigenvalue weighted by Gasteiger charge is 2.11. The molecule has 0 bridgehead atoms. The fourth-order valence-electron chi connectivity index (χ4n) is 1.91. The fourth-order valence-corrected chi connectivity index (χ4v) is 1.91. The van der Waals surface area contributed by atoms with Gasteiger partial charge in [0.15, 0.2) is 0 Å². The first kappa shape index (κ1) is 14.2. The molecule has 2 N–H and O–H groups in total. The SMILES string of the molecule is N#Cc1ccc(CNCC(O)c2ccccc2F)cc1. The van der Waals surface area contributed by atoms with Gasteiger partial charge in [-0.2, -0.15) is 5.26 Å². The van der Waals surface area contributed by atoms with Crippen molar-refractivity contribution in [2.45, 2.75) is 12.6 Å². The Morgan fingerprint density at radius 2 is 1.85 bits per heavy atom. The van der Waals surface area contributed by atoms with Crippen molar-refractivity contribution in [3.8, 4) is 6.07 Å². The molecule has 0 aliphatic heterocycles. The van der Waals surface area contributed by atoms with E-state index in [0.717, 1.165) is 5.56 Å². The van der Waals surface area contributed by atoms with Gasteiger partial charge in [0, 0.05) is 18.7 Å². The molecule has 0 saturated carbocycles. The van der Waals surface area contributed by atoms with E-state index < -0.39 is 11.9 Å². The van der Waals surface area contributed by atoms with E-state index in [4.69, 9.17) is 5.26 Å².